The van der Waals surface area contributed by atoms with Gasteiger partial charge in [0.2, 0.25) is 0 Å². The molecule has 0 radical (unpaired) electrons. The molecule has 0 spiro atoms. The van der Waals surface area contributed by atoms with Crippen LogP contribution in [0.15, 0.2) is 20.5 Å². The molecule has 10 heteroatoms. The molecule has 0 N–H and O–H groups in total. The van der Waals surface area contributed by atoms with Crippen molar-refractivity contribution in [3.05, 3.63) is 0 Å². The summed E-state index contributed by atoms with van der Waals surface area (Å²) in [5.74, 6) is -1.03. The van der Waals surface area contributed by atoms with Crippen LogP contribution in [-0.2, 0) is 19.1 Å². The van der Waals surface area contributed by atoms with Gasteiger partial charge >= 0.3 is 11.9 Å². The summed E-state index contributed by atoms with van der Waals surface area (Å²) in [7, 11) is 2.54. The summed E-state index contributed by atoms with van der Waals surface area (Å²) in [6, 6.07) is 3.94. The highest BCUT2D eigenvalue weighted by molar-refractivity contribution is 5.81. The van der Waals surface area contributed by atoms with Gasteiger partial charge in [-0.15, -0.1) is 0 Å². The Bertz CT molecular complexity index is 636. The van der Waals surface area contributed by atoms with E-state index in [0.29, 0.717) is 0 Å². The first-order chi connectivity index (χ1) is 12.5. The van der Waals surface area contributed by atoms with Crippen molar-refractivity contribution in [2.24, 2.45) is 20.5 Å². The highest BCUT2D eigenvalue weighted by Gasteiger charge is 2.33. The van der Waals surface area contributed by atoms with E-state index in [9.17, 15) is 9.59 Å². The van der Waals surface area contributed by atoms with E-state index in [1.807, 2.05) is 12.1 Å². The fourth-order valence-electron chi connectivity index (χ4n) is 1.13. The number of esters is 2. The maximum absolute atomic E-state index is 11.3. The van der Waals surface area contributed by atoms with Crippen molar-refractivity contribution in [2.45, 2.75) is 77.5 Å². The van der Waals surface area contributed by atoms with Crippen molar-refractivity contribution in [2.75, 3.05) is 14.2 Å². The van der Waals surface area contributed by atoms with Crippen LogP contribution in [0.2, 0.25) is 0 Å². The Morgan fingerprint density at radius 2 is 0.893 bits per heavy atom. The summed E-state index contributed by atoms with van der Waals surface area (Å²) in [4.78, 5) is 22.6. The first-order valence-corrected chi connectivity index (χ1v) is 8.37. The number of carbonyl (C=O) groups is 2. The highest BCUT2D eigenvalue weighted by atomic mass is 16.5. The third kappa shape index (κ3) is 10.3. The number of rotatable bonds is 6. The van der Waals surface area contributed by atoms with Gasteiger partial charge in [0.15, 0.2) is 22.2 Å². The zero-order valence-electron chi connectivity index (χ0n) is 18.3. The molecular weight excluding hydrogens is 364 g/mol. The van der Waals surface area contributed by atoms with Crippen molar-refractivity contribution < 1.29 is 19.1 Å². The van der Waals surface area contributed by atoms with Crippen molar-refractivity contribution in [1.29, 1.82) is 10.5 Å². The molecule has 0 saturated heterocycles. The van der Waals surface area contributed by atoms with Gasteiger partial charge in [0, 0.05) is 0 Å². The predicted molar refractivity (Wildman–Crippen MR) is 101 cm³/mol. The van der Waals surface area contributed by atoms with Crippen molar-refractivity contribution in [3.8, 4) is 12.1 Å². The van der Waals surface area contributed by atoms with Gasteiger partial charge in [-0.1, -0.05) is 0 Å². The number of nitrogens with zero attached hydrogens (tertiary/aromatic N) is 6. The maximum atomic E-state index is 11.3. The van der Waals surface area contributed by atoms with Gasteiger partial charge in [-0.2, -0.15) is 31.0 Å². The number of carbonyl (C=O) groups excluding carboxylic acids is 2. The molecule has 0 aliphatic rings. The summed E-state index contributed by atoms with van der Waals surface area (Å²) in [5, 5.41) is 32.3. The highest BCUT2D eigenvalue weighted by Crippen LogP contribution is 2.18. The van der Waals surface area contributed by atoms with Crippen LogP contribution < -0.4 is 0 Å². The van der Waals surface area contributed by atoms with Gasteiger partial charge in [0.25, 0.3) is 0 Å². The van der Waals surface area contributed by atoms with E-state index in [1.54, 1.807) is 55.4 Å². The van der Waals surface area contributed by atoms with E-state index in [1.165, 1.54) is 14.2 Å². The van der Waals surface area contributed by atoms with E-state index in [0.717, 1.165) is 0 Å². The molecule has 0 bridgehead atoms. The molecule has 0 aromatic heterocycles. The second-order valence-corrected chi connectivity index (χ2v) is 7.84. The quantitative estimate of drug-likeness (QED) is 0.497. The van der Waals surface area contributed by atoms with E-state index in [4.69, 9.17) is 10.5 Å². The van der Waals surface area contributed by atoms with Crippen LogP contribution in [-0.4, -0.2) is 48.3 Å². The Kier molecular flexibility index (Phi) is 10.2. The molecule has 0 aromatic carbocycles. The van der Waals surface area contributed by atoms with Gasteiger partial charge < -0.3 is 9.47 Å². The van der Waals surface area contributed by atoms with Crippen LogP contribution in [0.1, 0.15) is 55.4 Å². The van der Waals surface area contributed by atoms with Crippen LogP contribution in [0.3, 0.4) is 0 Å². The summed E-state index contributed by atoms with van der Waals surface area (Å²) >= 11 is 0. The maximum Gasteiger partial charge on any atom is 0.335 e. The molecule has 0 heterocycles. The fourth-order valence-corrected chi connectivity index (χ4v) is 1.13. The zero-order chi connectivity index (χ0) is 22.8. The van der Waals surface area contributed by atoms with E-state index >= 15 is 0 Å². The minimum atomic E-state index is -1.11. The van der Waals surface area contributed by atoms with Gasteiger partial charge in [-0.3, -0.25) is 0 Å². The molecule has 28 heavy (non-hydrogen) atoms. The van der Waals surface area contributed by atoms with E-state index < -0.39 is 34.1 Å². The molecule has 0 saturated carbocycles. The van der Waals surface area contributed by atoms with Crippen LogP contribution in [0, 0.1) is 22.7 Å². The average Bonchev–Trinajstić information content (AvgIpc) is 2.64. The SMILES string of the molecule is CC(C)(C#N)N=NC(C)(C)C#N.COC(=O)C(C)(C)N=NC(C)(C)C(=O)OC. The van der Waals surface area contributed by atoms with Crippen LogP contribution >= 0.6 is 0 Å². The lowest BCUT2D eigenvalue weighted by Gasteiger charge is -2.19. The third-order valence-corrected chi connectivity index (χ3v) is 3.02. The number of hydrogen-bond donors (Lipinski definition) is 0. The smallest absolute Gasteiger partial charge is 0.335 e. The first kappa shape index (κ1) is 27.3. The van der Waals surface area contributed by atoms with Gasteiger partial charge in [0.1, 0.15) is 0 Å². The minimum absolute atomic E-state index is 0.517. The minimum Gasteiger partial charge on any atom is -0.467 e. The molecule has 0 amide bonds. The fraction of sp³-hybridized carbons (Fsp3) is 0.778. The molecule has 10 nitrogen and oxygen atoms in total. The number of azo groups is 2. The largest absolute Gasteiger partial charge is 0.467 e. The topological polar surface area (TPSA) is 150 Å². The lowest BCUT2D eigenvalue weighted by Crippen LogP contribution is -2.34. The standard InChI is InChI=1S/C10H18N2O4.C8H12N4/c1-9(2,7(13)15-5)11-12-10(3,4)8(14)16-6;1-7(2,5-9)11-12-8(3,4)6-10/h1-6H3;1-4H3. The summed E-state index contributed by atoms with van der Waals surface area (Å²) in [5.41, 5.74) is -3.90. The lowest BCUT2D eigenvalue weighted by atomic mass is 10.1. The van der Waals surface area contributed by atoms with Crippen LogP contribution in [0.25, 0.3) is 0 Å². The van der Waals surface area contributed by atoms with E-state index in [-0.39, 0.29) is 0 Å². The third-order valence-electron chi connectivity index (χ3n) is 3.02. The van der Waals surface area contributed by atoms with Gasteiger partial charge in [-0.05, 0) is 55.4 Å². The Morgan fingerprint density at radius 3 is 1.07 bits per heavy atom. The first-order valence-electron chi connectivity index (χ1n) is 8.37. The molecule has 156 valence electrons. The molecule has 0 aliphatic carbocycles. The zero-order valence-corrected chi connectivity index (χ0v) is 18.3. The molecular formula is C18H30N6O4. The molecule has 0 aromatic rings. The Balaban J connectivity index is 0. The molecule has 0 fully saturated rings. The number of nitriles is 2. The summed E-state index contributed by atoms with van der Waals surface area (Å²) in [6.45, 7) is 12.8. The van der Waals surface area contributed by atoms with Crippen LogP contribution in [0.5, 0.6) is 0 Å². The molecule has 0 rings (SSSR count). The average molecular weight is 394 g/mol. The van der Waals surface area contributed by atoms with Gasteiger partial charge in [0.05, 0.1) is 26.4 Å². The van der Waals surface area contributed by atoms with Crippen molar-refractivity contribution in [1.82, 2.24) is 0 Å². The number of ether oxygens (including phenoxy) is 2. The van der Waals surface area contributed by atoms with Gasteiger partial charge in [-0.25, -0.2) is 9.59 Å². The Morgan fingerprint density at radius 1 is 0.643 bits per heavy atom. The Hall–Kier alpha value is -2.88. The second-order valence-electron chi connectivity index (χ2n) is 7.84. The molecule has 0 aliphatic heterocycles. The molecule has 0 atom stereocenters. The van der Waals surface area contributed by atoms with Crippen molar-refractivity contribution in [3.63, 3.8) is 0 Å². The second kappa shape index (κ2) is 10.5. The van der Waals surface area contributed by atoms with E-state index in [2.05, 4.69) is 29.9 Å². The lowest BCUT2D eigenvalue weighted by molar-refractivity contribution is -0.148. The normalized spacial score (nSPS) is 12.6. The number of hydrogen-bond acceptors (Lipinski definition) is 10. The summed E-state index contributed by atoms with van der Waals surface area (Å²) in [6.07, 6.45) is 0. The monoisotopic (exact) mass is 394 g/mol. The Labute approximate surface area is 166 Å². The predicted octanol–water partition coefficient (Wildman–Crippen LogP) is 3.38. The van der Waals surface area contributed by atoms with Crippen molar-refractivity contribution >= 4 is 11.9 Å². The summed E-state index contributed by atoms with van der Waals surface area (Å²) < 4.78 is 9.12. The molecule has 0 unspecified atom stereocenters. The van der Waals surface area contributed by atoms with Crippen LogP contribution in [0.4, 0.5) is 0 Å². The number of methoxy groups -OCH3 is 2.